The summed E-state index contributed by atoms with van der Waals surface area (Å²) in [5.41, 5.74) is 2.27. The van der Waals surface area contributed by atoms with E-state index in [1.165, 1.54) is 12.1 Å². The second kappa shape index (κ2) is 5.05. The summed E-state index contributed by atoms with van der Waals surface area (Å²) in [6.07, 6.45) is 6.97. The van der Waals surface area contributed by atoms with E-state index in [0.717, 1.165) is 0 Å². The first-order chi connectivity index (χ1) is 8.24. The Bertz CT molecular complexity index is 424. The lowest BCUT2D eigenvalue weighted by Crippen LogP contribution is -2.50. The Labute approximate surface area is 106 Å². The predicted octanol–water partition coefficient (Wildman–Crippen LogP) is 4.27. The molecule has 0 nitrogen and oxygen atoms in total. The van der Waals surface area contributed by atoms with Gasteiger partial charge in [0.2, 0.25) is 0 Å². The van der Waals surface area contributed by atoms with Crippen molar-refractivity contribution in [1.29, 1.82) is 0 Å². The maximum absolute atomic E-state index is 2.43. The third kappa shape index (κ3) is 2.04. The average molecular weight is 242 g/mol. The van der Waals surface area contributed by atoms with Gasteiger partial charge in [0, 0.05) is 0 Å². The molecule has 0 N–H and O–H groups in total. The van der Waals surface area contributed by atoms with E-state index >= 15 is 0 Å². The Kier molecular flexibility index (Phi) is 3.68. The van der Waals surface area contributed by atoms with Crippen molar-refractivity contribution >= 4 is 13.3 Å². The third-order valence-corrected chi connectivity index (χ3v) is 10.2. The summed E-state index contributed by atoms with van der Waals surface area (Å²) < 4.78 is 0. The van der Waals surface area contributed by atoms with E-state index in [2.05, 4.69) is 69.3 Å². The van der Waals surface area contributed by atoms with Crippen molar-refractivity contribution in [3.63, 3.8) is 0 Å². The number of hydrogen-bond acceptors (Lipinski definition) is 0. The van der Waals surface area contributed by atoms with Crippen LogP contribution in [0.1, 0.15) is 20.8 Å². The largest absolute Gasteiger partial charge is 0.0969 e. The summed E-state index contributed by atoms with van der Waals surface area (Å²) in [4.78, 5) is 0. The summed E-state index contributed by atoms with van der Waals surface area (Å²) >= 11 is 0. The Balaban J connectivity index is 2.46. The Morgan fingerprint density at radius 2 is 1.71 bits per heavy atom. The van der Waals surface area contributed by atoms with Crippen LogP contribution >= 0.6 is 0 Å². The monoisotopic (exact) mass is 242 g/mol. The molecular formula is C16H22Si. The normalized spacial score (nSPS) is 19.5. The maximum Gasteiger partial charge on any atom is 0.0969 e. The average Bonchev–Trinajstić information content (AvgIpc) is 2.80. The van der Waals surface area contributed by atoms with Crippen LogP contribution in [0.2, 0.25) is 17.6 Å². The SMILES string of the molecule is CC[Si](CC)(c1ccccc1)C1C=CC=C1C. The molecule has 2 rings (SSSR count). The second-order valence-corrected chi connectivity index (χ2v) is 9.93. The standard InChI is InChI=1S/C16H22Si/c1-4-17(5-2,15-11-7-6-8-12-15)16-13-9-10-14(16)3/h6-13,16H,4-5H2,1-3H3. The van der Waals surface area contributed by atoms with Crippen LogP contribution in [0.5, 0.6) is 0 Å². The fourth-order valence-corrected chi connectivity index (χ4v) is 8.10. The van der Waals surface area contributed by atoms with Crippen molar-refractivity contribution in [3.05, 3.63) is 54.1 Å². The molecule has 1 heteroatoms. The molecule has 0 saturated heterocycles. The zero-order chi connectivity index (χ0) is 12.3. The molecule has 0 amide bonds. The minimum Gasteiger partial charge on any atom is -0.0797 e. The highest BCUT2D eigenvalue weighted by Crippen LogP contribution is 2.39. The fraction of sp³-hybridized carbons (Fsp3) is 0.375. The number of benzene rings is 1. The molecule has 1 unspecified atom stereocenters. The Morgan fingerprint density at radius 3 is 2.18 bits per heavy atom. The molecule has 1 aliphatic rings. The molecule has 0 bridgehead atoms. The fourth-order valence-electron chi connectivity index (χ4n) is 3.24. The molecule has 0 aromatic heterocycles. The molecule has 0 fully saturated rings. The van der Waals surface area contributed by atoms with Crippen LogP contribution < -0.4 is 5.19 Å². The molecule has 0 radical (unpaired) electrons. The van der Waals surface area contributed by atoms with Crippen molar-refractivity contribution in [2.45, 2.75) is 38.4 Å². The van der Waals surface area contributed by atoms with Crippen molar-refractivity contribution < 1.29 is 0 Å². The molecule has 0 spiro atoms. The van der Waals surface area contributed by atoms with E-state index in [9.17, 15) is 0 Å². The molecule has 1 aliphatic carbocycles. The lowest BCUT2D eigenvalue weighted by molar-refractivity contribution is 1.10. The van der Waals surface area contributed by atoms with Gasteiger partial charge in [-0.25, -0.2) is 0 Å². The van der Waals surface area contributed by atoms with Crippen molar-refractivity contribution in [2.75, 3.05) is 0 Å². The van der Waals surface area contributed by atoms with E-state index in [1.807, 2.05) is 0 Å². The van der Waals surface area contributed by atoms with Crippen LogP contribution in [0.25, 0.3) is 0 Å². The Hall–Kier alpha value is -1.08. The minimum absolute atomic E-state index is 0.708. The summed E-state index contributed by atoms with van der Waals surface area (Å²) in [6.45, 7) is 7.05. The lowest BCUT2D eigenvalue weighted by Gasteiger charge is -2.36. The van der Waals surface area contributed by atoms with E-state index in [1.54, 1.807) is 10.8 Å². The molecule has 17 heavy (non-hydrogen) atoms. The summed E-state index contributed by atoms with van der Waals surface area (Å²) in [6, 6.07) is 13.9. The molecular weight excluding hydrogens is 220 g/mol. The molecule has 0 aliphatic heterocycles. The number of hydrogen-bond donors (Lipinski definition) is 0. The highest BCUT2D eigenvalue weighted by Gasteiger charge is 2.39. The van der Waals surface area contributed by atoms with Crippen LogP contribution in [0.3, 0.4) is 0 Å². The van der Waals surface area contributed by atoms with E-state index in [-0.39, 0.29) is 0 Å². The number of allylic oxidation sites excluding steroid dienone is 4. The minimum atomic E-state index is -1.40. The van der Waals surface area contributed by atoms with Gasteiger partial charge >= 0.3 is 0 Å². The first-order valence-corrected chi connectivity index (χ1v) is 9.14. The lowest BCUT2D eigenvalue weighted by atomic mass is 10.3. The highest BCUT2D eigenvalue weighted by molar-refractivity contribution is 6.93. The van der Waals surface area contributed by atoms with Gasteiger partial charge in [-0.3, -0.25) is 0 Å². The van der Waals surface area contributed by atoms with E-state index < -0.39 is 8.07 Å². The van der Waals surface area contributed by atoms with Crippen molar-refractivity contribution in [3.8, 4) is 0 Å². The topological polar surface area (TPSA) is 0 Å². The first-order valence-electron chi connectivity index (χ1n) is 6.65. The summed E-state index contributed by atoms with van der Waals surface area (Å²) in [5, 5.41) is 1.62. The van der Waals surface area contributed by atoms with Crippen molar-refractivity contribution in [2.24, 2.45) is 0 Å². The van der Waals surface area contributed by atoms with Gasteiger partial charge in [-0.15, -0.1) is 0 Å². The van der Waals surface area contributed by atoms with Crippen LogP contribution in [-0.4, -0.2) is 8.07 Å². The smallest absolute Gasteiger partial charge is 0.0797 e. The van der Waals surface area contributed by atoms with Crippen LogP contribution in [0.15, 0.2) is 54.1 Å². The van der Waals surface area contributed by atoms with Crippen molar-refractivity contribution in [1.82, 2.24) is 0 Å². The predicted molar refractivity (Wildman–Crippen MR) is 79.4 cm³/mol. The van der Waals surface area contributed by atoms with Gasteiger partial charge in [0.05, 0.1) is 8.07 Å². The zero-order valence-corrected chi connectivity index (χ0v) is 12.1. The molecule has 1 atom stereocenters. The van der Waals surface area contributed by atoms with Gasteiger partial charge < -0.3 is 0 Å². The van der Waals surface area contributed by atoms with Crippen LogP contribution in [0.4, 0.5) is 0 Å². The van der Waals surface area contributed by atoms with Gasteiger partial charge in [0.1, 0.15) is 0 Å². The summed E-state index contributed by atoms with van der Waals surface area (Å²) in [5.74, 6) is 0. The Morgan fingerprint density at radius 1 is 1.06 bits per heavy atom. The molecule has 0 heterocycles. The molecule has 1 aromatic rings. The molecule has 0 saturated carbocycles. The quantitative estimate of drug-likeness (QED) is 0.692. The molecule has 1 aromatic carbocycles. The molecule has 90 valence electrons. The van der Waals surface area contributed by atoms with Crippen LogP contribution in [0, 0.1) is 0 Å². The van der Waals surface area contributed by atoms with Gasteiger partial charge in [0.25, 0.3) is 0 Å². The van der Waals surface area contributed by atoms with Gasteiger partial charge in [-0.2, -0.15) is 0 Å². The summed E-state index contributed by atoms with van der Waals surface area (Å²) in [7, 11) is -1.40. The highest BCUT2D eigenvalue weighted by atomic mass is 28.3. The van der Waals surface area contributed by atoms with Gasteiger partial charge in [0.15, 0.2) is 0 Å². The van der Waals surface area contributed by atoms with E-state index in [4.69, 9.17) is 0 Å². The van der Waals surface area contributed by atoms with Gasteiger partial charge in [-0.05, 0) is 12.5 Å². The van der Waals surface area contributed by atoms with Crippen LogP contribution in [-0.2, 0) is 0 Å². The maximum atomic E-state index is 2.43. The van der Waals surface area contributed by atoms with E-state index in [0.29, 0.717) is 5.54 Å². The second-order valence-electron chi connectivity index (χ2n) is 5.00. The van der Waals surface area contributed by atoms with Gasteiger partial charge in [-0.1, -0.05) is 85.3 Å². The number of rotatable bonds is 4. The first kappa shape index (κ1) is 12.4. The zero-order valence-electron chi connectivity index (χ0n) is 11.1. The third-order valence-electron chi connectivity index (χ3n) is 4.36.